The van der Waals surface area contributed by atoms with Crippen LogP contribution in [0.3, 0.4) is 0 Å². The van der Waals surface area contributed by atoms with Gasteiger partial charge in [0.2, 0.25) is 4.80 Å². The van der Waals surface area contributed by atoms with E-state index in [0.29, 0.717) is 21.5 Å². The number of thiocarbonyl (C=S) groups is 1. The molecule has 1 fully saturated rings. The van der Waals surface area contributed by atoms with E-state index in [1.54, 1.807) is 11.9 Å². The number of carbonyl (C=O) groups is 1. The Morgan fingerprint density at radius 3 is 2.62 bits per heavy atom. The van der Waals surface area contributed by atoms with Gasteiger partial charge in [-0.1, -0.05) is 29.5 Å². The fourth-order valence-electron chi connectivity index (χ4n) is 4.22. The quantitative estimate of drug-likeness (QED) is 0.672. The molecule has 3 aliphatic rings. The van der Waals surface area contributed by atoms with E-state index < -0.39 is 0 Å². The molecule has 1 N–H and O–H groups in total. The molecule has 1 saturated heterocycles. The van der Waals surface area contributed by atoms with E-state index in [1.807, 2.05) is 43.0 Å². The zero-order valence-electron chi connectivity index (χ0n) is 16.2. The molecular weight excluding hydrogens is 408 g/mol. The Labute approximate surface area is 176 Å². The number of fused-ring (bicyclic) bond motifs is 3. The van der Waals surface area contributed by atoms with E-state index in [1.165, 1.54) is 16.0 Å². The third-order valence-corrected chi connectivity index (χ3v) is 7.20. The molecule has 2 unspecified atom stereocenters. The maximum absolute atomic E-state index is 13.3. The van der Waals surface area contributed by atoms with Gasteiger partial charge in [-0.05, 0) is 32.1 Å². The smallest absolute Gasteiger partial charge is 0.289 e. The first kappa shape index (κ1) is 18.3. The minimum absolute atomic E-state index is 0.172. The molecule has 5 rings (SSSR count). The Bertz CT molecular complexity index is 1230. The van der Waals surface area contributed by atoms with Crippen LogP contribution in [0.1, 0.15) is 19.4 Å². The maximum atomic E-state index is 13.3. The number of nitrogens with one attached hydrogen (secondary N) is 1. The number of hydrogen-bond acceptors (Lipinski definition) is 6. The lowest BCUT2D eigenvalue weighted by Crippen LogP contribution is -2.55. The molecular formula is C19H20N6O2S2. The van der Waals surface area contributed by atoms with Crippen molar-refractivity contribution in [1.82, 2.24) is 14.5 Å². The van der Waals surface area contributed by atoms with E-state index >= 15 is 0 Å². The van der Waals surface area contributed by atoms with Crippen LogP contribution in [0.2, 0.25) is 0 Å². The van der Waals surface area contributed by atoms with Crippen molar-refractivity contribution in [2.45, 2.75) is 26.2 Å². The molecule has 29 heavy (non-hydrogen) atoms. The first-order valence-corrected chi connectivity index (χ1v) is 10.8. The molecule has 1 aromatic heterocycles. The third kappa shape index (κ3) is 2.35. The maximum Gasteiger partial charge on any atom is 0.289 e. The highest BCUT2D eigenvalue weighted by Crippen LogP contribution is 2.33. The van der Waals surface area contributed by atoms with Gasteiger partial charge < -0.3 is 14.7 Å². The van der Waals surface area contributed by atoms with E-state index in [0.717, 1.165) is 22.9 Å². The van der Waals surface area contributed by atoms with Crippen molar-refractivity contribution in [2.24, 2.45) is 4.99 Å². The number of benzene rings is 1. The summed E-state index contributed by atoms with van der Waals surface area (Å²) in [6.45, 7) is 5.52. The lowest BCUT2D eigenvalue weighted by molar-refractivity contribution is -0.112. The Morgan fingerprint density at radius 1 is 1.17 bits per heavy atom. The summed E-state index contributed by atoms with van der Waals surface area (Å²) < 4.78 is 1.87. The molecule has 0 radical (unpaired) electrons. The molecule has 10 heteroatoms. The largest absolute Gasteiger partial charge is 0.324 e. The van der Waals surface area contributed by atoms with Crippen molar-refractivity contribution < 1.29 is 4.79 Å². The number of rotatable bonds is 2. The predicted octanol–water partition coefficient (Wildman–Crippen LogP) is -0.144. The van der Waals surface area contributed by atoms with Crippen molar-refractivity contribution in [3.63, 3.8) is 0 Å². The second kappa shape index (κ2) is 6.39. The first-order valence-electron chi connectivity index (χ1n) is 9.53. The van der Waals surface area contributed by atoms with Crippen LogP contribution in [0.15, 0.2) is 34.1 Å². The zero-order chi connectivity index (χ0) is 20.4. The summed E-state index contributed by atoms with van der Waals surface area (Å²) >= 11 is 6.84. The summed E-state index contributed by atoms with van der Waals surface area (Å²) in [5, 5.41) is 0.737. The van der Waals surface area contributed by atoms with Crippen LogP contribution < -0.4 is 25.2 Å². The number of hydrogen-bond donors (Lipinski definition) is 1. The number of thiazole rings is 1. The molecule has 0 bridgehead atoms. The minimum Gasteiger partial charge on any atom is -0.324 e. The third-order valence-electron chi connectivity index (χ3n) is 5.68. The van der Waals surface area contributed by atoms with Crippen LogP contribution in [-0.2, 0) is 4.79 Å². The van der Waals surface area contributed by atoms with Gasteiger partial charge in [-0.3, -0.25) is 15.0 Å². The van der Waals surface area contributed by atoms with Gasteiger partial charge in [-0.25, -0.2) is 4.99 Å². The van der Waals surface area contributed by atoms with Crippen molar-refractivity contribution in [3.8, 4) is 0 Å². The second-order valence-electron chi connectivity index (χ2n) is 7.08. The first-order chi connectivity index (χ1) is 14.0. The number of para-hydroxylation sites is 1. The van der Waals surface area contributed by atoms with E-state index in [9.17, 15) is 9.59 Å². The van der Waals surface area contributed by atoms with Crippen molar-refractivity contribution in [2.75, 3.05) is 30.5 Å². The highest BCUT2D eigenvalue weighted by atomic mass is 32.1. The number of likely N-dealkylation sites (N-methyl/N-ethyl adjacent to an activating group) is 3. The molecule has 2 aromatic rings. The summed E-state index contributed by atoms with van der Waals surface area (Å²) in [5.74, 6) is -0.172. The van der Waals surface area contributed by atoms with Crippen LogP contribution in [0, 0.1) is 0 Å². The molecule has 150 valence electrons. The molecule has 0 aliphatic carbocycles. The Morgan fingerprint density at radius 2 is 1.90 bits per heavy atom. The van der Waals surface area contributed by atoms with Gasteiger partial charge in [-0.2, -0.15) is 4.68 Å². The average Bonchev–Trinajstić information content (AvgIpc) is 3.28. The van der Waals surface area contributed by atoms with Gasteiger partial charge in [0.25, 0.3) is 11.5 Å². The summed E-state index contributed by atoms with van der Waals surface area (Å²) in [7, 11) is 1.73. The van der Waals surface area contributed by atoms with E-state index in [4.69, 9.17) is 17.2 Å². The standard InChI is InChI=1S/C19H20N6O2S2/c1-4-23-14-15(24(5-2)19(23)28)21-25-17(27)13(29-18(25)20-14)12-10-8-6-7-9-11(10)22(3)16(12)26/h6-9,14-15,21H,4-5H2,1-3H3/b13-12-. The average molecular weight is 429 g/mol. The number of aromatic nitrogens is 1. The zero-order valence-corrected chi connectivity index (χ0v) is 17.9. The molecule has 0 saturated carbocycles. The van der Waals surface area contributed by atoms with Crippen LogP contribution in [0.4, 0.5) is 5.69 Å². The van der Waals surface area contributed by atoms with Gasteiger partial charge in [0.15, 0.2) is 17.4 Å². The minimum atomic E-state index is -0.252. The lowest BCUT2D eigenvalue weighted by Gasteiger charge is -2.29. The van der Waals surface area contributed by atoms with E-state index in [-0.39, 0.29) is 23.8 Å². The number of carbonyl (C=O) groups excluding carboxylic acids is 1. The monoisotopic (exact) mass is 428 g/mol. The summed E-state index contributed by atoms with van der Waals surface area (Å²) in [6, 6.07) is 7.53. The second-order valence-corrected chi connectivity index (χ2v) is 8.42. The normalized spacial score (nSPS) is 24.3. The Balaban J connectivity index is 1.74. The molecule has 8 nitrogen and oxygen atoms in total. The summed E-state index contributed by atoms with van der Waals surface area (Å²) in [4.78, 5) is 37.3. The van der Waals surface area contributed by atoms with Crippen molar-refractivity contribution >= 4 is 45.8 Å². The van der Waals surface area contributed by atoms with E-state index in [2.05, 4.69) is 10.3 Å². The van der Waals surface area contributed by atoms with Crippen molar-refractivity contribution in [3.05, 3.63) is 49.5 Å². The number of anilines is 1. The fourth-order valence-corrected chi connectivity index (χ4v) is 5.75. The highest BCUT2D eigenvalue weighted by molar-refractivity contribution is 7.80. The SMILES string of the molecule is CCN1C(=S)N(CC)C2Nn3c(s/c(=C4\C(=O)N(C)c5ccccc54)c3=O)=NC21. The Hall–Kier alpha value is -2.72. The molecule has 1 amide bonds. The fraction of sp³-hybridized carbons (Fsp3) is 0.368. The van der Waals surface area contributed by atoms with Gasteiger partial charge >= 0.3 is 0 Å². The van der Waals surface area contributed by atoms with Crippen LogP contribution in [-0.4, -0.2) is 58.0 Å². The molecule has 3 aliphatic heterocycles. The number of nitrogens with zero attached hydrogens (tertiary/aromatic N) is 5. The van der Waals surface area contributed by atoms with Gasteiger partial charge in [0.05, 0.1) is 11.3 Å². The highest BCUT2D eigenvalue weighted by Gasteiger charge is 2.44. The van der Waals surface area contributed by atoms with Gasteiger partial charge in [0.1, 0.15) is 4.53 Å². The van der Waals surface area contributed by atoms with Crippen LogP contribution in [0.5, 0.6) is 0 Å². The molecule has 0 spiro atoms. The molecule has 1 aromatic carbocycles. The number of amides is 1. The van der Waals surface area contributed by atoms with Gasteiger partial charge in [-0.15, -0.1) is 0 Å². The summed E-state index contributed by atoms with van der Waals surface area (Å²) in [6.07, 6.45) is -0.406. The van der Waals surface area contributed by atoms with Gasteiger partial charge in [0, 0.05) is 25.7 Å². The van der Waals surface area contributed by atoms with Crippen molar-refractivity contribution in [1.29, 1.82) is 0 Å². The Kier molecular flexibility index (Phi) is 4.04. The lowest BCUT2D eigenvalue weighted by atomic mass is 10.1. The van der Waals surface area contributed by atoms with Crippen LogP contribution in [0.25, 0.3) is 5.57 Å². The molecule has 4 heterocycles. The van der Waals surface area contributed by atoms with Crippen LogP contribution >= 0.6 is 23.6 Å². The molecule has 2 atom stereocenters. The summed E-state index contributed by atoms with van der Waals surface area (Å²) in [5.41, 5.74) is 5.08. The topological polar surface area (TPSA) is 73.2 Å². The predicted molar refractivity (Wildman–Crippen MR) is 116 cm³/mol.